The van der Waals surface area contributed by atoms with Crippen molar-refractivity contribution in [3.05, 3.63) is 48.3 Å². The van der Waals surface area contributed by atoms with Gasteiger partial charge in [-0.3, -0.25) is 9.78 Å². The molecule has 5 nitrogen and oxygen atoms in total. The Kier molecular flexibility index (Phi) is 4.73. The zero-order chi connectivity index (χ0) is 17.2. The number of hydrogen-bond acceptors (Lipinski definition) is 6. The van der Waals surface area contributed by atoms with Crippen LogP contribution in [0, 0.1) is 0 Å². The lowest BCUT2D eigenvalue weighted by atomic mass is 10.1. The highest BCUT2D eigenvalue weighted by molar-refractivity contribution is 8.02. The van der Waals surface area contributed by atoms with Crippen LogP contribution in [-0.4, -0.2) is 27.7 Å². The van der Waals surface area contributed by atoms with Gasteiger partial charge in [0.15, 0.2) is 9.09 Å². The topological polar surface area (TPSA) is 72.3 Å². The van der Waals surface area contributed by atoms with E-state index in [0.717, 1.165) is 16.0 Å². The van der Waals surface area contributed by atoms with Crippen LogP contribution in [0.2, 0.25) is 0 Å². The van der Waals surface area contributed by atoms with Crippen LogP contribution in [0.3, 0.4) is 0 Å². The molecule has 1 N–H and O–H groups in total. The molecule has 2 aromatic heterocycles. The first kappa shape index (κ1) is 16.7. The fourth-order valence-electron chi connectivity index (χ4n) is 2.21. The van der Waals surface area contributed by atoms with E-state index in [0.29, 0.717) is 16.6 Å². The van der Waals surface area contributed by atoms with Gasteiger partial charge in [0.25, 0.3) is 0 Å². The number of hydrogen-bond donors (Lipinski definition) is 1. The van der Waals surface area contributed by atoms with Gasteiger partial charge in [-0.2, -0.15) is 0 Å². The van der Waals surface area contributed by atoms with Gasteiger partial charge >= 0.3 is 5.97 Å². The fourth-order valence-corrected chi connectivity index (χ4v) is 4.68. The molecule has 0 bridgehead atoms. The monoisotopic (exact) mass is 360 g/mol. The summed E-state index contributed by atoms with van der Waals surface area (Å²) in [4.78, 5) is 20.6. The van der Waals surface area contributed by atoms with E-state index in [1.54, 1.807) is 31.3 Å². The summed E-state index contributed by atoms with van der Waals surface area (Å²) in [6.45, 7) is 4.19. The molecule has 0 aliphatic heterocycles. The number of carboxylic acid groups (broad SMARTS) is 1. The maximum absolute atomic E-state index is 11.9. The highest BCUT2D eigenvalue weighted by Gasteiger charge is 2.39. The maximum Gasteiger partial charge on any atom is 0.326 e. The summed E-state index contributed by atoms with van der Waals surface area (Å²) in [5.74, 6) is -0.156. The molecule has 1 atom stereocenters. The Morgan fingerprint density at radius 1 is 1.38 bits per heavy atom. The molecule has 0 radical (unpaired) electrons. The first-order chi connectivity index (χ1) is 11.5. The van der Waals surface area contributed by atoms with Crippen LogP contribution in [-0.2, 0) is 9.54 Å². The van der Waals surface area contributed by atoms with Gasteiger partial charge in [0.1, 0.15) is 5.75 Å². The normalized spacial score (nSPS) is 13.6. The Morgan fingerprint density at radius 3 is 2.88 bits per heavy atom. The van der Waals surface area contributed by atoms with Crippen LogP contribution >= 0.6 is 23.1 Å². The maximum atomic E-state index is 11.9. The smallest absolute Gasteiger partial charge is 0.326 e. The van der Waals surface area contributed by atoms with Gasteiger partial charge in [-0.1, -0.05) is 17.8 Å². The lowest BCUT2D eigenvalue weighted by Gasteiger charge is -2.21. The van der Waals surface area contributed by atoms with Crippen molar-refractivity contribution in [2.45, 2.75) is 22.9 Å². The molecular formula is C17H16N2O3S2. The van der Waals surface area contributed by atoms with Crippen molar-refractivity contribution in [1.29, 1.82) is 0 Å². The standard InChI is InChI=1S/C17H16N2O3S2/c1-3-22-11-7-8-12-13(10-11)23-16(19-12)24-17(2,15(20)21)14-6-4-5-9-18-14/h4-10H,3H2,1-2H3,(H,20,21). The molecule has 3 rings (SSSR count). The highest BCUT2D eigenvalue weighted by atomic mass is 32.2. The number of thioether (sulfide) groups is 1. The number of carboxylic acids is 1. The first-order valence-corrected chi connectivity index (χ1v) is 9.03. The second-order valence-corrected chi connectivity index (χ2v) is 7.89. The quantitative estimate of drug-likeness (QED) is 0.665. The third-order valence-corrected chi connectivity index (χ3v) is 5.88. The Hall–Kier alpha value is -2.12. The molecule has 0 spiro atoms. The van der Waals surface area contributed by atoms with Crippen molar-refractivity contribution in [3.8, 4) is 5.75 Å². The summed E-state index contributed by atoms with van der Waals surface area (Å²) in [5.41, 5.74) is 1.33. The molecule has 0 aliphatic rings. The van der Waals surface area contributed by atoms with Crippen LogP contribution in [0.5, 0.6) is 5.75 Å². The number of rotatable bonds is 6. The molecule has 0 saturated carbocycles. The number of nitrogens with zero attached hydrogens (tertiary/aromatic N) is 2. The molecule has 0 aliphatic carbocycles. The number of thiazole rings is 1. The van der Waals surface area contributed by atoms with Gasteiger partial charge in [0.05, 0.1) is 22.5 Å². The van der Waals surface area contributed by atoms with E-state index >= 15 is 0 Å². The lowest BCUT2D eigenvalue weighted by molar-refractivity contribution is -0.139. The van der Waals surface area contributed by atoms with Gasteiger partial charge in [-0.25, -0.2) is 4.98 Å². The summed E-state index contributed by atoms with van der Waals surface area (Å²) in [5, 5.41) is 9.73. The van der Waals surface area contributed by atoms with Crippen LogP contribution in [0.4, 0.5) is 0 Å². The van der Waals surface area contributed by atoms with Crippen LogP contribution in [0.25, 0.3) is 10.2 Å². The van der Waals surface area contributed by atoms with Crippen molar-refractivity contribution in [2.75, 3.05) is 6.61 Å². The van der Waals surface area contributed by atoms with Crippen LogP contribution in [0.1, 0.15) is 19.5 Å². The minimum Gasteiger partial charge on any atom is -0.494 e. The third kappa shape index (κ3) is 3.22. The van der Waals surface area contributed by atoms with E-state index in [1.807, 2.05) is 25.1 Å². The molecule has 0 fully saturated rings. The summed E-state index contributed by atoms with van der Waals surface area (Å²) < 4.78 is 5.96. The summed E-state index contributed by atoms with van der Waals surface area (Å²) in [7, 11) is 0. The Labute approximate surface area is 147 Å². The largest absolute Gasteiger partial charge is 0.494 e. The van der Waals surface area contributed by atoms with Crippen LogP contribution in [0.15, 0.2) is 46.9 Å². The van der Waals surface area contributed by atoms with E-state index in [2.05, 4.69) is 9.97 Å². The first-order valence-electron chi connectivity index (χ1n) is 7.40. The lowest BCUT2D eigenvalue weighted by Crippen LogP contribution is -2.29. The number of aromatic nitrogens is 2. The Morgan fingerprint density at radius 2 is 2.21 bits per heavy atom. The van der Waals surface area contributed by atoms with Crippen LogP contribution < -0.4 is 4.74 Å². The van der Waals surface area contributed by atoms with E-state index in [-0.39, 0.29) is 0 Å². The zero-order valence-electron chi connectivity index (χ0n) is 13.2. The second-order valence-electron chi connectivity index (χ2n) is 5.20. The van der Waals surface area contributed by atoms with Crippen molar-refractivity contribution < 1.29 is 14.6 Å². The molecule has 1 unspecified atom stereocenters. The van der Waals surface area contributed by atoms with Gasteiger partial charge < -0.3 is 9.84 Å². The van der Waals surface area contributed by atoms with E-state index in [1.165, 1.54) is 23.1 Å². The average Bonchev–Trinajstić information content (AvgIpc) is 2.97. The van der Waals surface area contributed by atoms with Gasteiger partial charge in [-0.15, -0.1) is 11.3 Å². The Bertz CT molecular complexity index is 867. The molecule has 1 aromatic carbocycles. The number of carbonyl (C=O) groups is 1. The molecule has 2 heterocycles. The van der Waals surface area contributed by atoms with E-state index < -0.39 is 10.7 Å². The third-order valence-electron chi connectivity index (χ3n) is 3.50. The minimum atomic E-state index is -1.20. The molecule has 3 aromatic rings. The molecule has 7 heteroatoms. The van der Waals surface area contributed by atoms with Crippen molar-refractivity contribution in [1.82, 2.24) is 9.97 Å². The molecule has 0 saturated heterocycles. The number of ether oxygens (including phenoxy) is 1. The highest BCUT2D eigenvalue weighted by Crippen LogP contribution is 2.43. The van der Waals surface area contributed by atoms with Crippen molar-refractivity contribution in [2.24, 2.45) is 0 Å². The van der Waals surface area contributed by atoms with E-state index in [9.17, 15) is 9.90 Å². The van der Waals surface area contributed by atoms with Gasteiger partial charge in [-0.05, 0) is 44.2 Å². The second kappa shape index (κ2) is 6.78. The van der Waals surface area contributed by atoms with Gasteiger partial charge in [0, 0.05) is 6.20 Å². The fraction of sp³-hybridized carbons (Fsp3) is 0.235. The predicted octanol–water partition coefficient (Wildman–Crippen LogP) is 4.18. The molecule has 0 amide bonds. The number of pyridine rings is 1. The summed E-state index contributed by atoms with van der Waals surface area (Å²) in [6, 6.07) is 11.0. The average molecular weight is 360 g/mol. The minimum absolute atomic E-state index is 0.497. The SMILES string of the molecule is CCOc1ccc2nc(SC(C)(C(=O)O)c3ccccn3)sc2c1. The van der Waals surface area contributed by atoms with E-state index in [4.69, 9.17) is 4.74 Å². The summed E-state index contributed by atoms with van der Waals surface area (Å²) >= 11 is 2.66. The zero-order valence-corrected chi connectivity index (χ0v) is 14.9. The predicted molar refractivity (Wildman–Crippen MR) is 95.9 cm³/mol. The molecular weight excluding hydrogens is 344 g/mol. The van der Waals surface area contributed by atoms with Crippen molar-refractivity contribution in [3.63, 3.8) is 0 Å². The number of aliphatic carboxylic acids is 1. The molecule has 24 heavy (non-hydrogen) atoms. The Balaban J connectivity index is 1.96. The molecule has 124 valence electrons. The van der Waals surface area contributed by atoms with Gasteiger partial charge in [0.2, 0.25) is 0 Å². The number of benzene rings is 1. The summed E-state index contributed by atoms with van der Waals surface area (Å²) in [6.07, 6.45) is 1.60. The number of fused-ring (bicyclic) bond motifs is 1. The van der Waals surface area contributed by atoms with Crippen molar-refractivity contribution >= 4 is 39.3 Å².